The van der Waals surface area contributed by atoms with Gasteiger partial charge in [-0.3, -0.25) is 14.4 Å². The van der Waals surface area contributed by atoms with Crippen molar-refractivity contribution >= 4 is 33.0 Å². The van der Waals surface area contributed by atoms with E-state index in [1.165, 1.54) is 34.7 Å². The summed E-state index contributed by atoms with van der Waals surface area (Å²) in [5.41, 5.74) is 2.14. The Balaban J connectivity index is 1.22. The van der Waals surface area contributed by atoms with Crippen LogP contribution in [-0.2, 0) is 23.0 Å². The second kappa shape index (κ2) is 9.48. The summed E-state index contributed by atoms with van der Waals surface area (Å²) >= 11 is 1.84. The molecule has 6 nitrogen and oxygen atoms in total. The molecule has 178 valence electrons. The molecule has 0 bridgehead atoms. The van der Waals surface area contributed by atoms with Gasteiger partial charge in [-0.1, -0.05) is 12.1 Å². The van der Waals surface area contributed by atoms with Crippen LogP contribution < -0.4 is 4.72 Å². The zero-order valence-electron chi connectivity index (χ0n) is 18.6. The average Bonchev–Trinajstić information content (AvgIpc) is 3.32. The van der Waals surface area contributed by atoms with E-state index in [1.54, 1.807) is 18.2 Å². The number of nitrogens with zero attached hydrogens (tertiary/aromatic N) is 2. The van der Waals surface area contributed by atoms with Crippen LogP contribution in [0.1, 0.15) is 33.6 Å². The molecule has 5 rings (SSSR count). The lowest BCUT2D eigenvalue weighted by Gasteiger charge is -2.40. The monoisotopic (exact) mass is 499 g/mol. The Labute approximate surface area is 203 Å². The smallest absolute Gasteiger partial charge is 0.261 e. The number of carbonyl (C=O) groups is 1. The van der Waals surface area contributed by atoms with Crippen molar-refractivity contribution in [3.8, 4) is 0 Å². The number of benzene rings is 2. The van der Waals surface area contributed by atoms with E-state index in [9.17, 15) is 17.6 Å². The predicted octanol–water partition coefficient (Wildman–Crippen LogP) is 4.35. The molecule has 2 aromatic carbocycles. The summed E-state index contributed by atoms with van der Waals surface area (Å²) in [6.07, 6.45) is 2.96. The van der Waals surface area contributed by atoms with Crippen LogP contribution in [0.25, 0.3) is 0 Å². The molecule has 0 atom stereocenters. The number of carbonyl (C=O) groups excluding carboxylic acids is 1. The molecule has 1 amide bonds. The predicted molar refractivity (Wildman–Crippen MR) is 131 cm³/mol. The Bertz CT molecular complexity index is 1300. The van der Waals surface area contributed by atoms with E-state index in [0.717, 1.165) is 38.4 Å². The van der Waals surface area contributed by atoms with Crippen molar-refractivity contribution in [3.05, 3.63) is 81.8 Å². The van der Waals surface area contributed by atoms with Gasteiger partial charge in [-0.2, -0.15) is 0 Å². The molecule has 2 aliphatic rings. The average molecular weight is 500 g/mol. The Morgan fingerprint density at radius 2 is 1.82 bits per heavy atom. The Hall–Kier alpha value is -2.75. The number of hydrogen-bond donors (Lipinski definition) is 1. The SMILES string of the molecule is O=C(c1cccc(NS(=O)(=O)c2cccc(F)c2)c1)N1CCC(N2CCc3sccc3C2)CC1. The van der Waals surface area contributed by atoms with E-state index in [0.29, 0.717) is 24.7 Å². The highest BCUT2D eigenvalue weighted by Crippen LogP contribution is 2.28. The van der Waals surface area contributed by atoms with Crippen LogP contribution >= 0.6 is 11.3 Å². The number of amides is 1. The van der Waals surface area contributed by atoms with Gasteiger partial charge < -0.3 is 4.90 Å². The number of sulfonamides is 1. The van der Waals surface area contributed by atoms with Crippen LogP contribution in [-0.4, -0.2) is 49.8 Å². The molecule has 3 heterocycles. The molecule has 9 heteroatoms. The maximum Gasteiger partial charge on any atom is 0.261 e. The van der Waals surface area contributed by atoms with Crippen LogP contribution in [0, 0.1) is 5.82 Å². The van der Waals surface area contributed by atoms with Gasteiger partial charge in [0.2, 0.25) is 0 Å². The first-order valence-corrected chi connectivity index (χ1v) is 13.7. The van der Waals surface area contributed by atoms with Gasteiger partial charge >= 0.3 is 0 Å². The summed E-state index contributed by atoms with van der Waals surface area (Å²) in [5.74, 6) is -0.737. The number of thiophene rings is 1. The number of hydrogen-bond acceptors (Lipinski definition) is 5. The van der Waals surface area contributed by atoms with Crippen molar-refractivity contribution in [2.24, 2.45) is 0 Å². The third kappa shape index (κ3) is 4.87. The molecule has 0 aliphatic carbocycles. The molecule has 1 aromatic heterocycles. The van der Waals surface area contributed by atoms with Crippen molar-refractivity contribution in [1.82, 2.24) is 9.80 Å². The van der Waals surface area contributed by atoms with Gasteiger partial charge in [-0.15, -0.1) is 11.3 Å². The minimum Gasteiger partial charge on any atom is -0.339 e. The second-order valence-corrected chi connectivity index (χ2v) is 11.4. The van der Waals surface area contributed by atoms with Gasteiger partial charge in [-0.25, -0.2) is 12.8 Å². The summed E-state index contributed by atoms with van der Waals surface area (Å²) in [5, 5.41) is 2.17. The van der Waals surface area contributed by atoms with Crippen molar-refractivity contribution in [2.75, 3.05) is 24.4 Å². The highest BCUT2D eigenvalue weighted by molar-refractivity contribution is 7.92. The van der Waals surface area contributed by atoms with Crippen molar-refractivity contribution in [3.63, 3.8) is 0 Å². The standard InChI is InChI=1S/C25H26FN3O3S2/c26-20-4-2-6-23(16-20)34(31,32)27-21-5-1-3-18(15-21)25(30)28-11-7-22(8-12-28)29-13-9-24-19(17-29)10-14-33-24/h1-6,10,14-16,22,27H,7-9,11-13,17H2. The van der Waals surface area contributed by atoms with Crippen LogP contribution in [0.2, 0.25) is 0 Å². The normalized spacial score (nSPS) is 17.4. The zero-order valence-corrected chi connectivity index (χ0v) is 20.2. The first kappa shape index (κ1) is 23.0. The molecule has 1 saturated heterocycles. The highest BCUT2D eigenvalue weighted by Gasteiger charge is 2.29. The first-order valence-electron chi connectivity index (χ1n) is 11.4. The molecule has 2 aliphatic heterocycles. The van der Waals surface area contributed by atoms with E-state index in [-0.39, 0.29) is 16.5 Å². The lowest BCUT2D eigenvalue weighted by Crippen LogP contribution is -2.47. The summed E-state index contributed by atoms with van der Waals surface area (Å²) in [6, 6.07) is 14.0. The summed E-state index contributed by atoms with van der Waals surface area (Å²) in [6.45, 7) is 3.41. The number of rotatable bonds is 5. The Kier molecular flexibility index (Phi) is 6.42. The molecule has 3 aromatic rings. The van der Waals surface area contributed by atoms with Crippen molar-refractivity contribution in [1.29, 1.82) is 0 Å². The molecule has 1 N–H and O–H groups in total. The molecule has 0 saturated carbocycles. The number of nitrogens with one attached hydrogen (secondary N) is 1. The van der Waals surface area contributed by atoms with E-state index < -0.39 is 15.8 Å². The summed E-state index contributed by atoms with van der Waals surface area (Å²) in [4.78, 5) is 18.8. The van der Waals surface area contributed by atoms with E-state index in [4.69, 9.17) is 0 Å². The number of fused-ring (bicyclic) bond motifs is 1. The van der Waals surface area contributed by atoms with Gasteiger partial charge in [0.1, 0.15) is 5.82 Å². The van der Waals surface area contributed by atoms with Gasteiger partial charge in [0.05, 0.1) is 4.90 Å². The lowest BCUT2D eigenvalue weighted by molar-refractivity contribution is 0.0600. The second-order valence-electron chi connectivity index (χ2n) is 8.76. The molecule has 0 unspecified atom stereocenters. The minimum atomic E-state index is -3.96. The summed E-state index contributed by atoms with van der Waals surface area (Å²) < 4.78 is 41.1. The summed E-state index contributed by atoms with van der Waals surface area (Å²) in [7, 11) is -3.96. The lowest BCUT2D eigenvalue weighted by atomic mass is 9.99. The Morgan fingerprint density at radius 3 is 2.62 bits per heavy atom. The Morgan fingerprint density at radius 1 is 1.03 bits per heavy atom. The zero-order chi connectivity index (χ0) is 23.7. The maximum atomic E-state index is 13.5. The quantitative estimate of drug-likeness (QED) is 0.567. The first-order chi connectivity index (χ1) is 16.4. The fraction of sp³-hybridized carbons (Fsp3) is 0.320. The topological polar surface area (TPSA) is 69.7 Å². The largest absolute Gasteiger partial charge is 0.339 e. The number of likely N-dealkylation sites (tertiary alicyclic amines) is 1. The molecular weight excluding hydrogens is 473 g/mol. The third-order valence-corrected chi connectivity index (χ3v) is 8.98. The van der Waals surface area contributed by atoms with Crippen molar-refractivity contribution < 1.29 is 17.6 Å². The molecule has 0 spiro atoms. The van der Waals surface area contributed by atoms with Gasteiger partial charge in [0.15, 0.2) is 0 Å². The van der Waals surface area contributed by atoms with Crippen LogP contribution in [0.5, 0.6) is 0 Å². The third-order valence-electron chi connectivity index (χ3n) is 6.57. The van der Waals surface area contributed by atoms with Gasteiger partial charge in [0, 0.05) is 48.3 Å². The fourth-order valence-electron chi connectivity index (χ4n) is 4.76. The number of piperidine rings is 1. The fourth-order valence-corrected chi connectivity index (χ4v) is 6.73. The minimum absolute atomic E-state index is 0.107. The molecular formula is C25H26FN3O3S2. The van der Waals surface area contributed by atoms with Gasteiger partial charge in [0.25, 0.3) is 15.9 Å². The van der Waals surface area contributed by atoms with Crippen LogP contribution in [0.15, 0.2) is 64.9 Å². The van der Waals surface area contributed by atoms with Crippen LogP contribution in [0.3, 0.4) is 0 Å². The van der Waals surface area contributed by atoms with Crippen molar-refractivity contribution in [2.45, 2.75) is 36.7 Å². The van der Waals surface area contributed by atoms with Crippen LogP contribution in [0.4, 0.5) is 10.1 Å². The number of anilines is 1. The molecule has 0 radical (unpaired) electrons. The van der Waals surface area contributed by atoms with E-state index >= 15 is 0 Å². The maximum absolute atomic E-state index is 13.5. The molecule has 34 heavy (non-hydrogen) atoms. The number of halogens is 1. The highest BCUT2D eigenvalue weighted by atomic mass is 32.2. The van der Waals surface area contributed by atoms with E-state index in [1.807, 2.05) is 16.2 Å². The molecule has 1 fully saturated rings. The van der Waals surface area contributed by atoms with E-state index in [2.05, 4.69) is 21.1 Å². The van der Waals surface area contributed by atoms with Gasteiger partial charge in [-0.05, 0) is 72.7 Å².